The third kappa shape index (κ3) is 4.64. The van der Waals surface area contributed by atoms with Gasteiger partial charge < -0.3 is 10.1 Å². The van der Waals surface area contributed by atoms with Gasteiger partial charge >= 0.3 is 0 Å². The van der Waals surface area contributed by atoms with Crippen LogP contribution in [0, 0.1) is 19.8 Å². The van der Waals surface area contributed by atoms with Crippen LogP contribution in [0.5, 0.6) is 5.75 Å². The van der Waals surface area contributed by atoms with Crippen LogP contribution in [0.1, 0.15) is 50.2 Å². The van der Waals surface area contributed by atoms with Crippen molar-refractivity contribution in [2.24, 2.45) is 5.92 Å². The summed E-state index contributed by atoms with van der Waals surface area (Å²) in [5.74, 6) is 1.28. The number of aryl methyl sites for hydroxylation is 2. The molecule has 1 amide bonds. The van der Waals surface area contributed by atoms with Gasteiger partial charge in [-0.2, -0.15) is 0 Å². The number of halogens is 1. The predicted octanol–water partition coefficient (Wildman–Crippen LogP) is 4.42. The summed E-state index contributed by atoms with van der Waals surface area (Å²) in [4.78, 5) is 12.2. The topological polar surface area (TPSA) is 38.3 Å². The number of hydrogen-bond acceptors (Lipinski definition) is 2. The third-order valence-electron chi connectivity index (χ3n) is 4.38. The molecule has 4 heteroatoms. The molecule has 0 bridgehead atoms. The smallest absolute Gasteiger partial charge is 0.260 e. The van der Waals surface area contributed by atoms with Crippen LogP contribution < -0.4 is 10.1 Å². The van der Waals surface area contributed by atoms with Crippen LogP contribution >= 0.6 is 11.6 Å². The van der Waals surface area contributed by atoms with Gasteiger partial charge in [-0.15, -0.1) is 0 Å². The highest BCUT2D eigenvalue weighted by atomic mass is 35.5. The zero-order chi connectivity index (χ0) is 16.1. The Morgan fingerprint density at radius 3 is 2.45 bits per heavy atom. The van der Waals surface area contributed by atoms with Crippen molar-refractivity contribution < 1.29 is 9.53 Å². The predicted molar refractivity (Wildman–Crippen MR) is 90.6 cm³/mol. The van der Waals surface area contributed by atoms with E-state index >= 15 is 0 Å². The molecule has 0 aliphatic heterocycles. The van der Waals surface area contributed by atoms with Crippen LogP contribution in [-0.4, -0.2) is 18.6 Å². The van der Waals surface area contributed by atoms with Gasteiger partial charge in [0.15, 0.2) is 6.10 Å². The SMILES string of the molecule is Cc1cc(OC(C)C(=O)NCC2CCCCC2)cc(C)c1Cl. The van der Waals surface area contributed by atoms with Crippen molar-refractivity contribution in [2.45, 2.75) is 59.0 Å². The van der Waals surface area contributed by atoms with Gasteiger partial charge in [-0.3, -0.25) is 4.79 Å². The zero-order valence-corrected chi connectivity index (χ0v) is 14.5. The zero-order valence-electron chi connectivity index (χ0n) is 13.7. The molecule has 1 unspecified atom stereocenters. The molecule has 0 spiro atoms. The molecule has 1 fully saturated rings. The summed E-state index contributed by atoms with van der Waals surface area (Å²) < 4.78 is 5.76. The van der Waals surface area contributed by atoms with Crippen molar-refractivity contribution in [3.05, 3.63) is 28.3 Å². The highest BCUT2D eigenvalue weighted by molar-refractivity contribution is 6.32. The second-order valence-electron chi connectivity index (χ2n) is 6.38. The fourth-order valence-corrected chi connectivity index (χ4v) is 3.12. The fraction of sp³-hybridized carbons (Fsp3) is 0.611. The van der Waals surface area contributed by atoms with Crippen LogP contribution in [0.15, 0.2) is 12.1 Å². The molecule has 0 heterocycles. The molecule has 1 aromatic carbocycles. The van der Waals surface area contributed by atoms with Crippen molar-refractivity contribution >= 4 is 17.5 Å². The first-order valence-electron chi connectivity index (χ1n) is 8.18. The van der Waals surface area contributed by atoms with E-state index in [1.54, 1.807) is 6.92 Å². The van der Waals surface area contributed by atoms with E-state index in [2.05, 4.69) is 5.32 Å². The van der Waals surface area contributed by atoms with E-state index in [4.69, 9.17) is 16.3 Å². The summed E-state index contributed by atoms with van der Waals surface area (Å²) in [6.45, 7) is 6.44. The van der Waals surface area contributed by atoms with E-state index in [-0.39, 0.29) is 5.91 Å². The first kappa shape index (κ1) is 17.1. The van der Waals surface area contributed by atoms with Crippen molar-refractivity contribution in [3.8, 4) is 5.75 Å². The maximum Gasteiger partial charge on any atom is 0.260 e. The number of rotatable bonds is 5. The highest BCUT2D eigenvalue weighted by Crippen LogP contribution is 2.26. The lowest BCUT2D eigenvalue weighted by atomic mass is 9.89. The molecule has 1 aromatic rings. The minimum atomic E-state index is -0.497. The molecule has 0 saturated heterocycles. The average molecular weight is 324 g/mol. The number of carbonyl (C=O) groups is 1. The Hall–Kier alpha value is -1.22. The number of ether oxygens (including phenoxy) is 1. The second kappa shape index (κ2) is 7.87. The number of benzene rings is 1. The normalized spacial score (nSPS) is 17.1. The fourth-order valence-electron chi connectivity index (χ4n) is 3.01. The highest BCUT2D eigenvalue weighted by Gasteiger charge is 2.18. The van der Waals surface area contributed by atoms with Gasteiger partial charge in [-0.1, -0.05) is 30.9 Å². The van der Waals surface area contributed by atoms with Gasteiger partial charge in [0.25, 0.3) is 5.91 Å². The largest absolute Gasteiger partial charge is 0.481 e. The maximum absolute atomic E-state index is 12.2. The maximum atomic E-state index is 12.2. The number of hydrogen-bond donors (Lipinski definition) is 1. The van der Waals surface area contributed by atoms with E-state index in [0.29, 0.717) is 11.7 Å². The molecule has 122 valence electrons. The van der Waals surface area contributed by atoms with Gasteiger partial charge in [0.1, 0.15) is 5.75 Å². The summed E-state index contributed by atoms with van der Waals surface area (Å²) in [7, 11) is 0. The Morgan fingerprint density at radius 1 is 1.27 bits per heavy atom. The molecule has 22 heavy (non-hydrogen) atoms. The number of amides is 1. The van der Waals surface area contributed by atoms with E-state index < -0.39 is 6.10 Å². The summed E-state index contributed by atoms with van der Waals surface area (Å²) in [6, 6.07) is 3.75. The van der Waals surface area contributed by atoms with E-state index in [1.807, 2.05) is 26.0 Å². The molecule has 1 aliphatic carbocycles. The molecule has 3 nitrogen and oxygen atoms in total. The molecule has 1 atom stereocenters. The average Bonchev–Trinajstić information content (AvgIpc) is 2.51. The second-order valence-corrected chi connectivity index (χ2v) is 6.76. The summed E-state index contributed by atoms with van der Waals surface area (Å²) in [5, 5.41) is 3.77. The van der Waals surface area contributed by atoms with Crippen LogP contribution in [0.4, 0.5) is 0 Å². The van der Waals surface area contributed by atoms with E-state index in [9.17, 15) is 4.79 Å². The van der Waals surface area contributed by atoms with Crippen molar-refractivity contribution in [1.29, 1.82) is 0 Å². The number of carbonyl (C=O) groups excluding carboxylic acids is 1. The van der Waals surface area contributed by atoms with Crippen molar-refractivity contribution in [1.82, 2.24) is 5.32 Å². The summed E-state index contributed by atoms with van der Waals surface area (Å²) in [6.07, 6.45) is 5.87. The lowest BCUT2D eigenvalue weighted by Gasteiger charge is -2.23. The molecule has 2 rings (SSSR count). The Kier molecular flexibility index (Phi) is 6.13. The third-order valence-corrected chi connectivity index (χ3v) is 4.98. The Morgan fingerprint density at radius 2 is 1.86 bits per heavy atom. The van der Waals surface area contributed by atoms with Gasteiger partial charge in [-0.25, -0.2) is 0 Å². The lowest BCUT2D eigenvalue weighted by molar-refractivity contribution is -0.127. The standard InChI is InChI=1S/C18H26ClNO2/c1-12-9-16(10-13(2)17(12)19)22-14(3)18(21)20-11-15-7-5-4-6-8-15/h9-10,14-15H,4-8,11H2,1-3H3,(H,20,21). The Labute approximate surface area is 138 Å². The lowest BCUT2D eigenvalue weighted by Crippen LogP contribution is -2.39. The Bertz CT molecular complexity index is 501. The minimum absolute atomic E-state index is 0.0455. The van der Waals surface area contributed by atoms with Crippen LogP contribution in [0.25, 0.3) is 0 Å². The van der Waals surface area contributed by atoms with Crippen LogP contribution in [0.3, 0.4) is 0 Å². The molecule has 1 aliphatic rings. The Balaban J connectivity index is 1.85. The van der Waals surface area contributed by atoms with E-state index in [0.717, 1.165) is 22.7 Å². The first-order chi connectivity index (χ1) is 10.5. The van der Waals surface area contributed by atoms with Crippen LogP contribution in [0.2, 0.25) is 5.02 Å². The van der Waals surface area contributed by atoms with E-state index in [1.165, 1.54) is 32.1 Å². The van der Waals surface area contributed by atoms with Gasteiger partial charge in [0.2, 0.25) is 0 Å². The summed E-state index contributed by atoms with van der Waals surface area (Å²) in [5.41, 5.74) is 1.93. The molecule has 1 saturated carbocycles. The van der Waals surface area contributed by atoms with Gasteiger partial charge in [0, 0.05) is 11.6 Å². The quantitative estimate of drug-likeness (QED) is 0.871. The molecule has 0 radical (unpaired) electrons. The monoisotopic (exact) mass is 323 g/mol. The van der Waals surface area contributed by atoms with Crippen LogP contribution in [-0.2, 0) is 4.79 Å². The molecular formula is C18H26ClNO2. The van der Waals surface area contributed by atoms with Gasteiger partial charge in [-0.05, 0) is 62.8 Å². The van der Waals surface area contributed by atoms with Gasteiger partial charge in [0.05, 0.1) is 0 Å². The van der Waals surface area contributed by atoms with Crippen molar-refractivity contribution in [2.75, 3.05) is 6.54 Å². The minimum Gasteiger partial charge on any atom is -0.481 e. The molecule has 0 aromatic heterocycles. The molecule has 1 N–H and O–H groups in total. The summed E-state index contributed by atoms with van der Waals surface area (Å²) >= 11 is 6.15. The number of nitrogens with one attached hydrogen (secondary N) is 1. The first-order valence-corrected chi connectivity index (χ1v) is 8.56. The molecular weight excluding hydrogens is 298 g/mol. The van der Waals surface area contributed by atoms with Crippen molar-refractivity contribution in [3.63, 3.8) is 0 Å².